The molecule has 1 atom stereocenters. The van der Waals surface area contributed by atoms with Gasteiger partial charge in [0.25, 0.3) is 0 Å². The lowest BCUT2D eigenvalue weighted by Gasteiger charge is -2.34. The lowest BCUT2D eigenvalue weighted by molar-refractivity contribution is -0.134. The summed E-state index contributed by atoms with van der Waals surface area (Å²) in [6.45, 7) is 4.26. The van der Waals surface area contributed by atoms with Crippen molar-refractivity contribution in [2.75, 3.05) is 19.6 Å². The minimum Gasteiger partial charge on any atom is -0.370 e. The zero-order valence-electron chi connectivity index (χ0n) is 15.1. The molecule has 1 aromatic heterocycles. The van der Waals surface area contributed by atoms with Crippen LogP contribution < -0.4 is 5.73 Å². The molecule has 26 heavy (non-hydrogen) atoms. The molecule has 0 radical (unpaired) electrons. The highest BCUT2D eigenvalue weighted by atomic mass is 32.1. The van der Waals surface area contributed by atoms with Crippen LogP contribution in [0.2, 0.25) is 0 Å². The summed E-state index contributed by atoms with van der Waals surface area (Å²) in [4.78, 5) is 29.6. The van der Waals surface area contributed by atoms with Crippen LogP contribution in [0.3, 0.4) is 0 Å². The molecule has 0 bridgehead atoms. The first-order valence-electron chi connectivity index (χ1n) is 8.95. The highest BCUT2D eigenvalue weighted by Gasteiger charge is 2.27. The number of thiophene rings is 1. The quantitative estimate of drug-likeness (QED) is 0.813. The van der Waals surface area contributed by atoms with Crippen molar-refractivity contribution < 1.29 is 9.59 Å². The molecule has 0 unspecified atom stereocenters. The van der Waals surface area contributed by atoms with Crippen molar-refractivity contribution in [1.82, 2.24) is 9.80 Å². The van der Waals surface area contributed by atoms with E-state index in [1.807, 2.05) is 30.3 Å². The molecule has 0 spiro atoms. The highest BCUT2D eigenvalue weighted by Crippen LogP contribution is 2.32. The normalized spacial score (nSPS) is 16.9. The number of benzene rings is 1. The molecule has 2 heterocycles. The van der Waals surface area contributed by atoms with Crippen molar-refractivity contribution in [3.63, 3.8) is 0 Å². The van der Waals surface area contributed by atoms with Crippen LogP contribution in [-0.4, -0.2) is 41.2 Å². The van der Waals surface area contributed by atoms with Gasteiger partial charge >= 0.3 is 0 Å². The average molecular weight is 372 g/mol. The molecule has 2 amide bonds. The van der Waals surface area contributed by atoms with Crippen LogP contribution in [0.25, 0.3) is 0 Å². The van der Waals surface area contributed by atoms with Gasteiger partial charge < -0.3 is 10.6 Å². The number of fused-ring (bicyclic) bond motifs is 1. The SMILES string of the molecule is C[C@@H]1c2ccsc2CCN1CC(=O)N(CCC(N)=O)Cc1ccccc1. The Balaban J connectivity index is 1.67. The molecule has 2 N–H and O–H groups in total. The number of rotatable bonds is 7. The van der Waals surface area contributed by atoms with Crippen LogP contribution in [0.5, 0.6) is 0 Å². The van der Waals surface area contributed by atoms with E-state index in [1.165, 1.54) is 10.4 Å². The van der Waals surface area contributed by atoms with Crippen LogP contribution in [0.1, 0.15) is 35.4 Å². The van der Waals surface area contributed by atoms with Gasteiger partial charge in [0.2, 0.25) is 11.8 Å². The van der Waals surface area contributed by atoms with Crippen molar-refractivity contribution in [2.45, 2.75) is 32.4 Å². The van der Waals surface area contributed by atoms with Crippen molar-refractivity contribution in [2.24, 2.45) is 5.73 Å². The number of hydrogen-bond donors (Lipinski definition) is 1. The Morgan fingerprint density at radius 1 is 1.27 bits per heavy atom. The van der Waals surface area contributed by atoms with Crippen LogP contribution in [0.4, 0.5) is 0 Å². The van der Waals surface area contributed by atoms with Gasteiger partial charge in [0.1, 0.15) is 0 Å². The van der Waals surface area contributed by atoms with Crippen LogP contribution in [-0.2, 0) is 22.6 Å². The number of nitrogens with zero attached hydrogens (tertiary/aromatic N) is 2. The molecular formula is C20H25N3O2S. The first-order valence-corrected chi connectivity index (χ1v) is 9.83. The summed E-state index contributed by atoms with van der Waals surface area (Å²) in [5.41, 5.74) is 7.68. The Morgan fingerprint density at radius 2 is 2.04 bits per heavy atom. The first kappa shape index (κ1) is 18.6. The predicted octanol–water partition coefficient (Wildman–Crippen LogP) is 2.57. The van der Waals surface area contributed by atoms with Gasteiger partial charge in [-0.3, -0.25) is 14.5 Å². The highest BCUT2D eigenvalue weighted by molar-refractivity contribution is 7.10. The molecule has 2 aromatic rings. The van der Waals surface area contributed by atoms with E-state index in [9.17, 15) is 9.59 Å². The zero-order valence-corrected chi connectivity index (χ0v) is 15.9. The van der Waals surface area contributed by atoms with Crippen molar-refractivity contribution in [3.05, 3.63) is 57.8 Å². The minimum absolute atomic E-state index is 0.0423. The molecule has 138 valence electrons. The average Bonchev–Trinajstić information content (AvgIpc) is 3.11. The third-order valence-electron chi connectivity index (χ3n) is 4.94. The summed E-state index contributed by atoms with van der Waals surface area (Å²) in [6.07, 6.45) is 1.17. The summed E-state index contributed by atoms with van der Waals surface area (Å²) >= 11 is 1.80. The van der Waals surface area contributed by atoms with Crippen molar-refractivity contribution >= 4 is 23.2 Å². The second-order valence-corrected chi connectivity index (χ2v) is 7.71. The van der Waals surface area contributed by atoms with Gasteiger partial charge in [0, 0.05) is 37.0 Å². The molecule has 1 aromatic carbocycles. The van der Waals surface area contributed by atoms with Crippen LogP contribution in [0, 0.1) is 0 Å². The van der Waals surface area contributed by atoms with Crippen LogP contribution >= 0.6 is 11.3 Å². The van der Waals surface area contributed by atoms with Gasteiger partial charge in [-0.1, -0.05) is 30.3 Å². The maximum atomic E-state index is 13.0. The van der Waals surface area contributed by atoms with Gasteiger partial charge in [0.05, 0.1) is 6.54 Å². The van der Waals surface area contributed by atoms with E-state index in [-0.39, 0.29) is 24.3 Å². The van der Waals surface area contributed by atoms with Gasteiger partial charge in [-0.25, -0.2) is 0 Å². The number of carbonyl (C=O) groups excluding carboxylic acids is 2. The van der Waals surface area contributed by atoms with E-state index in [0.717, 1.165) is 18.5 Å². The summed E-state index contributed by atoms with van der Waals surface area (Å²) in [5.74, 6) is -0.342. The lowest BCUT2D eigenvalue weighted by atomic mass is 10.0. The minimum atomic E-state index is -0.384. The van der Waals surface area contributed by atoms with E-state index >= 15 is 0 Å². The lowest BCUT2D eigenvalue weighted by Crippen LogP contribution is -2.44. The second-order valence-electron chi connectivity index (χ2n) is 6.71. The van der Waals surface area contributed by atoms with Crippen LogP contribution in [0.15, 0.2) is 41.8 Å². The monoisotopic (exact) mass is 371 g/mol. The number of hydrogen-bond acceptors (Lipinski definition) is 4. The third-order valence-corrected chi connectivity index (χ3v) is 5.94. The molecule has 0 saturated heterocycles. The fourth-order valence-corrected chi connectivity index (χ4v) is 4.35. The molecule has 0 aliphatic carbocycles. The van der Waals surface area contributed by atoms with Crippen molar-refractivity contribution in [3.8, 4) is 0 Å². The maximum absolute atomic E-state index is 13.0. The fraction of sp³-hybridized carbons (Fsp3) is 0.400. The standard InChI is InChI=1S/C20H25N3O2S/c1-15-17-9-12-26-18(17)7-10-22(15)14-20(25)23(11-8-19(21)24)13-16-5-3-2-4-6-16/h2-6,9,12,15H,7-8,10-11,13-14H2,1H3,(H2,21,24)/t15-/m1/s1. The summed E-state index contributed by atoms with van der Waals surface area (Å²) in [5, 5.41) is 2.13. The number of primary amides is 1. The van der Waals surface area contributed by atoms with E-state index < -0.39 is 0 Å². The van der Waals surface area contributed by atoms with Gasteiger partial charge in [-0.05, 0) is 35.9 Å². The van der Waals surface area contributed by atoms with E-state index in [2.05, 4.69) is 23.3 Å². The molecule has 0 fully saturated rings. The molecule has 0 saturated carbocycles. The molecular weight excluding hydrogens is 346 g/mol. The Labute approximate surface area is 158 Å². The molecule has 5 nitrogen and oxygen atoms in total. The second kappa shape index (κ2) is 8.47. The molecule has 6 heteroatoms. The molecule has 1 aliphatic heterocycles. The predicted molar refractivity (Wildman–Crippen MR) is 104 cm³/mol. The third kappa shape index (κ3) is 4.51. The van der Waals surface area contributed by atoms with Gasteiger partial charge in [-0.2, -0.15) is 0 Å². The largest absolute Gasteiger partial charge is 0.370 e. The van der Waals surface area contributed by atoms with E-state index in [0.29, 0.717) is 19.6 Å². The topological polar surface area (TPSA) is 66.6 Å². The number of nitrogens with two attached hydrogens (primary N) is 1. The summed E-state index contributed by atoms with van der Waals surface area (Å²) in [6, 6.07) is 12.2. The molecule has 3 rings (SSSR count). The maximum Gasteiger partial charge on any atom is 0.237 e. The summed E-state index contributed by atoms with van der Waals surface area (Å²) < 4.78 is 0. The Hall–Kier alpha value is -2.18. The Kier molecular flexibility index (Phi) is 6.06. The zero-order chi connectivity index (χ0) is 18.5. The Morgan fingerprint density at radius 3 is 2.77 bits per heavy atom. The van der Waals surface area contributed by atoms with Gasteiger partial charge in [-0.15, -0.1) is 11.3 Å². The fourth-order valence-electron chi connectivity index (χ4n) is 3.39. The van der Waals surface area contributed by atoms with E-state index in [4.69, 9.17) is 5.73 Å². The molecule has 1 aliphatic rings. The van der Waals surface area contributed by atoms with Gasteiger partial charge in [0.15, 0.2) is 0 Å². The summed E-state index contributed by atoms with van der Waals surface area (Å²) in [7, 11) is 0. The van der Waals surface area contributed by atoms with E-state index in [1.54, 1.807) is 16.2 Å². The Bertz CT molecular complexity index is 759. The number of amides is 2. The number of carbonyl (C=O) groups is 2. The smallest absolute Gasteiger partial charge is 0.237 e. The van der Waals surface area contributed by atoms with Crippen molar-refractivity contribution in [1.29, 1.82) is 0 Å². The first-order chi connectivity index (χ1) is 12.5.